The van der Waals surface area contributed by atoms with E-state index in [1.807, 2.05) is 12.1 Å². The Kier molecular flexibility index (Phi) is 4.18. The summed E-state index contributed by atoms with van der Waals surface area (Å²) in [6.07, 6.45) is 0.958. The molecule has 1 heterocycles. The van der Waals surface area contributed by atoms with Gasteiger partial charge < -0.3 is 9.64 Å². The maximum Gasteiger partial charge on any atom is 0.146 e. The van der Waals surface area contributed by atoms with E-state index >= 15 is 0 Å². The second kappa shape index (κ2) is 5.64. The van der Waals surface area contributed by atoms with Gasteiger partial charge in [-0.2, -0.15) is 0 Å². The molecule has 0 atom stereocenters. The van der Waals surface area contributed by atoms with Crippen LogP contribution in [0.2, 0.25) is 0 Å². The van der Waals surface area contributed by atoms with E-state index in [-0.39, 0.29) is 5.82 Å². The Balaban J connectivity index is 2.18. The molecule has 0 unspecified atom stereocenters. The molecule has 1 aliphatic heterocycles. The molecule has 1 aromatic carbocycles. The first-order chi connectivity index (χ1) is 7.81. The van der Waals surface area contributed by atoms with Crippen LogP contribution in [-0.2, 0) is 10.1 Å². The van der Waals surface area contributed by atoms with E-state index in [9.17, 15) is 4.39 Å². The smallest absolute Gasteiger partial charge is 0.146 e. The van der Waals surface area contributed by atoms with Crippen LogP contribution in [0.25, 0.3) is 0 Å². The average molecular weight is 288 g/mol. The zero-order chi connectivity index (χ0) is 11.4. The number of alkyl halides is 1. The molecule has 0 radical (unpaired) electrons. The third-order valence-electron chi connectivity index (χ3n) is 2.73. The third kappa shape index (κ3) is 2.74. The van der Waals surface area contributed by atoms with Gasteiger partial charge in [0.2, 0.25) is 0 Å². The number of halogens is 2. The highest BCUT2D eigenvalue weighted by molar-refractivity contribution is 9.08. The van der Waals surface area contributed by atoms with E-state index in [1.165, 1.54) is 0 Å². The van der Waals surface area contributed by atoms with Gasteiger partial charge in [0, 0.05) is 25.0 Å². The fourth-order valence-corrected chi connectivity index (χ4v) is 2.23. The maximum atomic E-state index is 13.9. The zero-order valence-corrected chi connectivity index (χ0v) is 10.7. The Morgan fingerprint density at radius 2 is 2.19 bits per heavy atom. The number of rotatable bonds is 2. The highest BCUT2D eigenvalue weighted by Crippen LogP contribution is 2.22. The van der Waals surface area contributed by atoms with Gasteiger partial charge in [0.15, 0.2) is 0 Å². The normalized spacial score (nSPS) is 17.2. The van der Waals surface area contributed by atoms with Crippen LogP contribution in [-0.4, -0.2) is 26.3 Å². The standard InChI is InChI=1S/C12H15BrFNO/c13-9-10-2-3-12(11(14)8-10)15-4-1-6-16-7-5-15/h2-3,8H,1,4-7,9H2. The topological polar surface area (TPSA) is 12.5 Å². The Morgan fingerprint density at radius 3 is 2.94 bits per heavy atom. The van der Waals surface area contributed by atoms with E-state index in [0.29, 0.717) is 17.6 Å². The molecule has 0 aromatic heterocycles. The molecule has 2 nitrogen and oxygen atoms in total. The molecule has 16 heavy (non-hydrogen) atoms. The Morgan fingerprint density at radius 1 is 1.31 bits per heavy atom. The second-order valence-electron chi connectivity index (χ2n) is 3.87. The van der Waals surface area contributed by atoms with Gasteiger partial charge in [-0.3, -0.25) is 0 Å². The van der Waals surface area contributed by atoms with Crippen LogP contribution in [0.4, 0.5) is 10.1 Å². The lowest BCUT2D eigenvalue weighted by Crippen LogP contribution is -2.26. The molecule has 1 aromatic rings. The summed E-state index contributed by atoms with van der Waals surface area (Å²) in [6, 6.07) is 5.41. The van der Waals surface area contributed by atoms with Crippen LogP contribution in [0.15, 0.2) is 18.2 Å². The minimum absolute atomic E-state index is 0.140. The Bertz CT molecular complexity index is 351. The monoisotopic (exact) mass is 287 g/mol. The molecule has 0 saturated carbocycles. The molecular formula is C12H15BrFNO. The van der Waals surface area contributed by atoms with Crippen LogP contribution in [0.1, 0.15) is 12.0 Å². The lowest BCUT2D eigenvalue weighted by Gasteiger charge is -2.22. The first-order valence-corrected chi connectivity index (χ1v) is 6.60. The molecule has 1 fully saturated rings. The van der Waals surface area contributed by atoms with E-state index in [4.69, 9.17) is 4.74 Å². The largest absolute Gasteiger partial charge is 0.380 e. The first kappa shape index (κ1) is 11.9. The summed E-state index contributed by atoms with van der Waals surface area (Å²) in [4.78, 5) is 2.06. The van der Waals surface area contributed by atoms with Crippen molar-refractivity contribution in [2.45, 2.75) is 11.8 Å². The van der Waals surface area contributed by atoms with Gasteiger partial charge in [0.05, 0.1) is 12.3 Å². The quantitative estimate of drug-likeness (QED) is 0.776. The minimum Gasteiger partial charge on any atom is -0.380 e. The van der Waals surface area contributed by atoms with Crippen molar-refractivity contribution in [3.05, 3.63) is 29.6 Å². The molecule has 2 rings (SSSR count). The van der Waals surface area contributed by atoms with Crippen molar-refractivity contribution in [3.8, 4) is 0 Å². The van der Waals surface area contributed by atoms with E-state index in [2.05, 4.69) is 20.8 Å². The minimum atomic E-state index is -0.140. The van der Waals surface area contributed by atoms with Crippen LogP contribution in [0.5, 0.6) is 0 Å². The summed E-state index contributed by atoms with van der Waals surface area (Å²) in [5, 5.41) is 0.688. The number of ether oxygens (including phenoxy) is 1. The Labute approximate surface area is 104 Å². The van der Waals surface area contributed by atoms with Gasteiger partial charge in [-0.05, 0) is 24.1 Å². The third-order valence-corrected chi connectivity index (χ3v) is 3.38. The summed E-state index contributed by atoms with van der Waals surface area (Å²) in [5.74, 6) is -0.140. The summed E-state index contributed by atoms with van der Waals surface area (Å²) in [5.41, 5.74) is 1.66. The maximum absolute atomic E-state index is 13.9. The zero-order valence-electron chi connectivity index (χ0n) is 9.09. The predicted octanol–water partition coefficient (Wildman–Crippen LogP) is 2.95. The molecule has 88 valence electrons. The van der Waals surface area contributed by atoms with E-state index in [1.54, 1.807) is 6.07 Å². The van der Waals surface area contributed by atoms with Crippen LogP contribution in [0, 0.1) is 5.82 Å². The highest BCUT2D eigenvalue weighted by atomic mass is 79.9. The average Bonchev–Trinajstić information content (AvgIpc) is 2.57. The molecule has 0 aliphatic carbocycles. The van der Waals surface area contributed by atoms with Crippen molar-refractivity contribution in [3.63, 3.8) is 0 Å². The fraction of sp³-hybridized carbons (Fsp3) is 0.500. The molecule has 0 N–H and O–H groups in total. The number of hydrogen-bond donors (Lipinski definition) is 0. The molecule has 0 amide bonds. The van der Waals surface area contributed by atoms with Gasteiger partial charge in [0.1, 0.15) is 5.82 Å². The molecule has 1 aliphatic rings. The number of benzene rings is 1. The van der Waals surface area contributed by atoms with Crippen LogP contribution < -0.4 is 4.90 Å². The summed E-state index contributed by atoms with van der Waals surface area (Å²) in [7, 11) is 0. The lowest BCUT2D eigenvalue weighted by molar-refractivity contribution is 0.152. The second-order valence-corrected chi connectivity index (χ2v) is 4.43. The van der Waals surface area contributed by atoms with Crippen LogP contribution >= 0.6 is 15.9 Å². The molecule has 0 spiro atoms. The lowest BCUT2D eigenvalue weighted by atomic mass is 10.2. The molecule has 0 bridgehead atoms. The van der Waals surface area contributed by atoms with Crippen molar-refractivity contribution in [2.24, 2.45) is 0 Å². The number of anilines is 1. The molecule has 4 heteroatoms. The van der Waals surface area contributed by atoms with Gasteiger partial charge in [-0.25, -0.2) is 4.39 Å². The number of nitrogens with zero attached hydrogens (tertiary/aromatic N) is 1. The van der Waals surface area contributed by atoms with Crippen LogP contribution in [0.3, 0.4) is 0 Å². The molecular weight excluding hydrogens is 273 g/mol. The summed E-state index contributed by atoms with van der Waals surface area (Å²) in [6.45, 7) is 3.09. The van der Waals surface area contributed by atoms with Crippen molar-refractivity contribution in [1.29, 1.82) is 0 Å². The molecule has 1 saturated heterocycles. The van der Waals surface area contributed by atoms with Gasteiger partial charge in [0.25, 0.3) is 0 Å². The van der Waals surface area contributed by atoms with Gasteiger partial charge in [-0.15, -0.1) is 0 Å². The van der Waals surface area contributed by atoms with Gasteiger partial charge in [-0.1, -0.05) is 22.0 Å². The van der Waals surface area contributed by atoms with E-state index < -0.39 is 0 Å². The first-order valence-electron chi connectivity index (χ1n) is 5.48. The van der Waals surface area contributed by atoms with Crippen molar-refractivity contribution >= 4 is 21.6 Å². The fourth-order valence-electron chi connectivity index (χ4n) is 1.88. The van der Waals surface area contributed by atoms with Gasteiger partial charge >= 0.3 is 0 Å². The highest BCUT2D eigenvalue weighted by Gasteiger charge is 2.13. The number of hydrogen-bond acceptors (Lipinski definition) is 2. The van der Waals surface area contributed by atoms with Crippen molar-refractivity contribution in [2.75, 3.05) is 31.2 Å². The SMILES string of the molecule is Fc1cc(CBr)ccc1N1CCCOCC1. The van der Waals surface area contributed by atoms with E-state index in [0.717, 1.165) is 31.7 Å². The van der Waals surface area contributed by atoms with Crippen molar-refractivity contribution < 1.29 is 9.13 Å². The summed E-state index contributed by atoms with van der Waals surface area (Å²) >= 11 is 3.32. The van der Waals surface area contributed by atoms with Crippen molar-refractivity contribution in [1.82, 2.24) is 0 Å². The predicted molar refractivity (Wildman–Crippen MR) is 66.7 cm³/mol. The Hall–Kier alpha value is -0.610. The summed E-state index contributed by atoms with van der Waals surface area (Å²) < 4.78 is 19.2.